The number of rotatable bonds is 18. The van der Waals surface area contributed by atoms with Crippen molar-refractivity contribution < 1.29 is 43.5 Å². The van der Waals surface area contributed by atoms with E-state index in [2.05, 4.69) is 31.9 Å². The molecule has 1 heterocycles. The smallest absolute Gasteiger partial charge is 0.325 e. The molecule has 1 aliphatic rings. The van der Waals surface area contributed by atoms with Crippen LogP contribution in [0.1, 0.15) is 67.7 Å². The predicted molar refractivity (Wildman–Crippen MR) is 170 cm³/mol. The van der Waals surface area contributed by atoms with Crippen LogP contribution in [0.15, 0.2) is 0 Å². The maximum Gasteiger partial charge on any atom is 0.325 e. The van der Waals surface area contributed by atoms with Crippen molar-refractivity contribution in [3.8, 4) is 0 Å². The molecule has 17 nitrogen and oxygen atoms in total. The van der Waals surface area contributed by atoms with Crippen LogP contribution in [-0.2, 0) is 38.4 Å². The maximum absolute atomic E-state index is 13.0. The van der Waals surface area contributed by atoms with Crippen molar-refractivity contribution >= 4 is 47.3 Å². The number of nitrogens with zero attached hydrogens (tertiary/aromatic N) is 1. The fourth-order valence-electron chi connectivity index (χ4n) is 4.69. The second-order valence-electron chi connectivity index (χ2n) is 12.8. The Hall–Kier alpha value is -4.28. The van der Waals surface area contributed by atoms with E-state index in [1.807, 2.05) is 27.7 Å². The van der Waals surface area contributed by atoms with Crippen LogP contribution in [0.3, 0.4) is 0 Å². The Kier molecular flexibility index (Phi) is 16.8. The Morgan fingerprint density at radius 2 is 1.28 bits per heavy atom. The molecule has 1 aliphatic heterocycles. The number of carboxylic acids is 1. The molecular weight excluding hydrogens is 616 g/mol. The monoisotopic (exact) mass is 668 g/mol. The zero-order valence-corrected chi connectivity index (χ0v) is 28.3. The fraction of sp³-hybridized carbons (Fsp3) is 0.733. The van der Waals surface area contributed by atoms with E-state index in [0.29, 0.717) is 19.4 Å². The highest BCUT2D eigenvalue weighted by Crippen LogP contribution is 2.19. The number of hydrogen-bond acceptors (Lipinski definition) is 9. The quantitative estimate of drug-likeness (QED) is 0.0766. The summed E-state index contributed by atoms with van der Waals surface area (Å²) in [6.45, 7) is 10.8. The van der Waals surface area contributed by atoms with Crippen molar-refractivity contribution in [2.45, 2.75) is 97.9 Å². The molecule has 5 atom stereocenters. The van der Waals surface area contributed by atoms with Crippen molar-refractivity contribution in [3.63, 3.8) is 0 Å². The predicted octanol–water partition coefficient (Wildman–Crippen LogP) is -2.43. The van der Waals surface area contributed by atoms with E-state index < -0.39 is 97.2 Å². The normalized spacial score (nSPS) is 16.9. The summed E-state index contributed by atoms with van der Waals surface area (Å²) in [5.74, 6) is -6.01. The molecule has 1 saturated heterocycles. The molecule has 0 aromatic heterocycles. The minimum atomic E-state index is -1.24. The standard InChI is InChI=1S/C30H52N8O9/c1-15(2)11-19(36-22(40)13-33-27(43)20-9-8-10-38(20)29(45)24(31)16(3)4)26(42)32-14-23(41)37-25(17(5)6)28(44)34-12-21(39)35-18(7)30(46)47/h15-20,24-25H,8-14,31H2,1-7H3,(H,32,42)(H,33,43)(H,34,44)(H,35,39)(H,36,40)(H,37,41)(H,46,47)/t18-,19-,20-,24-,25-/m0/s1. The van der Waals surface area contributed by atoms with Crippen molar-refractivity contribution in [1.82, 2.24) is 36.8 Å². The molecule has 0 saturated carbocycles. The highest BCUT2D eigenvalue weighted by atomic mass is 16.4. The maximum atomic E-state index is 13.0. The Morgan fingerprint density at radius 3 is 1.81 bits per heavy atom. The Morgan fingerprint density at radius 1 is 0.745 bits per heavy atom. The van der Waals surface area contributed by atoms with Gasteiger partial charge in [0.15, 0.2) is 0 Å². The van der Waals surface area contributed by atoms with Crippen LogP contribution in [0.4, 0.5) is 0 Å². The first kappa shape index (κ1) is 40.7. The van der Waals surface area contributed by atoms with E-state index >= 15 is 0 Å². The van der Waals surface area contributed by atoms with Gasteiger partial charge in [0.05, 0.1) is 25.7 Å². The second kappa shape index (κ2) is 19.4. The van der Waals surface area contributed by atoms with E-state index in [1.165, 1.54) is 11.8 Å². The molecule has 0 radical (unpaired) electrons. The molecular formula is C30H52N8O9. The molecule has 0 unspecified atom stereocenters. The summed E-state index contributed by atoms with van der Waals surface area (Å²) >= 11 is 0. The summed E-state index contributed by atoms with van der Waals surface area (Å²) in [6, 6.07) is -4.74. The molecule has 9 N–H and O–H groups in total. The molecule has 0 aromatic rings. The number of carbonyl (C=O) groups is 8. The largest absolute Gasteiger partial charge is 0.480 e. The Balaban J connectivity index is 2.68. The number of hydrogen-bond donors (Lipinski definition) is 8. The number of likely N-dealkylation sites (tertiary alicyclic amines) is 1. The first-order valence-corrected chi connectivity index (χ1v) is 15.9. The molecule has 1 fully saturated rings. The molecule has 1 rings (SSSR count). The minimum Gasteiger partial charge on any atom is -0.480 e. The van der Waals surface area contributed by atoms with Gasteiger partial charge >= 0.3 is 5.97 Å². The van der Waals surface area contributed by atoms with Gasteiger partial charge in [0.2, 0.25) is 41.4 Å². The van der Waals surface area contributed by atoms with E-state index in [1.54, 1.807) is 13.8 Å². The molecule has 7 amide bonds. The van der Waals surface area contributed by atoms with Crippen LogP contribution in [0.5, 0.6) is 0 Å². The lowest BCUT2D eigenvalue weighted by Gasteiger charge is -2.28. The summed E-state index contributed by atoms with van der Waals surface area (Å²) in [4.78, 5) is 101. The molecule has 17 heteroatoms. The number of nitrogens with two attached hydrogens (primary N) is 1. The van der Waals surface area contributed by atoms with Crippen LogP contribution >= 0.6 is 0 Å². The average Bonchev–Trinajstić information content (AvgIpc) is 3.48. The number of carbonyl (C=O) groups excluding carboxylic acids is 7. The van der Waals surface area contributed by atoms with Gasteiger partial charge < -0.3 is 47.6 Å². The van der Waals surface area contributed by atoms with E-state index in [9.17, 15) is 38.4 Å². The minimum absolute atomic E-state index is 0.0256. The van der Waals surface area contributed by atoms with Crippen LogP contribution in [0, 0.1) is 17.8 Å². The van der Waals surface area contributed by atoms with Crippen molar-refractivity contribution in [2.75, 3.05) is 26.2 Å². The third-order valence-electron chi connectivity index (χ3n) is 7.48. The average molecular weight is 669 g/mol. The summed E-state index contributed by atoms with van der Waals surface area (Å²) < 4.78 is 0. The summed E-state index contributed by atoms with van der Waals surface area (Å²) in [7, 11) is 0. The number of amides is 7. The van der Waals surface area contributed by atoms with Gasteiger partial charge in [-0.05, 0) is 43.9 Å². The number of nitrogens with one attached hydrogen (secondary N) is 6. The van der Waals surface area contributed by atoms with Crippen LogP contribution in [0.25, 0.3) is 0 Å². The topological polar surface area (TPSA) is 258 Å². The van der Waals surface area contributed by atoms with Crippen LogP contribution < -0.4 is 37.6 Å². The van der Waals surface area contributed by atoms with Gasteiger partial charge in [-0.1, -0.05) is 41.5 Å². The van der Waals surface area contributed by atoms with Gasteiger partial charge in [0.1, 0.15) is 24.2 Å². The molecule has 47 heavy (non-hydrogen) atoms. The zero-order chi connectivity index (χ0) is 36.0. The highest BCUT2D eigenvalue weighted by molar-refractivity contribution is 5.95. The Bertz CT molecular complexity index is 1160. The molecule has 0 aromatic carbocycles. The molecule has 0 aliphatic carbocycles. The van der Waals surface area contributed by atoms with Gasteiger partial charge in [0, 0.05) is 6.54 Å². The molecule has 0 bridgehead atoms. The first-order valence-electron chi connectivity index (χ1n) is 15.9. The first-order chi connectivity index (χ1) is 21.8. The zero-order valence-electron chi connectivity index (χ0n) is 28.3. The van der Waals surface area contributed by atoms with Gasteiger partial charge in [-0.2, -0.15) is 0 Å². The third-order valence-corrected chi connectivity index (χ3v) is 7.48. The molecule has 0 spiro atoms. The Labute approximate surface area is 275 Å². The van der Waals surface area contributed by atoms with Crippen molar-refractivity contribution in [3.05, 3.63) is 0 Å². The lowest BCUT2D eigenvalue weighted by atomic mass is 10.0. The van der Waals surface area contributed by atoms with Crippen molar-refractivity contribution in [2.24, 2.45) is 23.5 Å². The van der Waals surface area contributed by atoms with Crippen molar-refractivity contribution in [1.29, 1.82) is 0 Å². The van der Waals surface area contributed by atoms with E-state index in [0.717, 1.165) is 0 Å². The highest BCUT2D eigenvalue weighted by Gasteiger charge is 2.37. The van der Waals surface area contributed by atoms with E-state index in [4.69, 9.17) is 10.8 Å². The summed E-state index contributed by atoms with van der Waals surface area (Å²) in [6.07, 6.45) is 1.29. The van der Waals surface area contributed by atoms with Gasteiger partial charge in [0.25, 0.3) is 0 Å². The molecule has 266 valence electrons. The lowest BCUT2D eigenvalue weighted by Crippen LogP contribution is -2.56. The third kappa shape index (κ3) is 13.9. The van der Waals surface area contributed by atoms with Crippen LogP contribution in [-0.4, -0.2) is 114 Å². The van der Waals surface area contributed by atoms with Gasteiger partial charge in [-0.15, -0.1) is 0 Å². The summed E-state index contributed by atoms with van der Waals surface area (Å²) in [5, 5.41) is 23.5. The van der Waals surface area contributed by atoms with E-state index in [-0.39, 0.29) is 24.2 Å². The number of aliphatic carboxylic acids is 1. The fourth-order valence-corrected chi connectivity index (χ4v) is 4.69. The van der Waals surface area contributed by atoms with Gasteiger partial charge in [-0.25, -0.2) is 0 Å². The van der Waals surface area contributed by atoms with Gasteiger partial charge in [-0.3, -0.25) is 38.4 Å². The van der Waals surface area contributed by atoms with Crippen LogP contribution in [0.2, 0.25) is 0 Å². The SMILES string of the molecule is CC(C)C[C@H](NC(=O)CNC(=O)[C@@H]1CCCN1C(=O)[C@@H](N)C(C)C)C(=O)NCC(=O)N[C@H](C(=O)NCC(=O)N[C@@H](C)C(=O)O)C(C)C. The second-order valence-corrected chi connectivity index (χ2v) is 12.8. The lowest BCUT2D eigenvalue weighted by molar-refractivity contribution is -0.141. The number of carboxylic acid groups (broad SMARTS) is 1. The summed E-state index contributed by atoms with van der Waals surface area (Å²) in [5.41, 5.74) is 5.99.